The molecule has 4 N–H and O–H groups in total. The summed E-state index contributed by atoms with van der Waals surface area (Å²) in [5, 5.41) is 40.0. The van der Waals surface area contributed by atoms with Crippen molar-refractivity contribution in [2.75, 3.05) is 19.8 Å². The van der Waals surface area contributed by atoms with Gasteiger partial charge in [0.05, 0.1) is 13.2 Å². The average Bonchev–Trinajstić information content (AvgIpc) is 3.21. The van der Waals surface area contributed by atoms with E-state index in [1.165, 1.54) is 0 Å². The van der Waals surface area contributed by atoms with Crippen molar-refractivity contribution in [1.29, 1.82) is 0 Å². The summed E-state index contributed by atoms with van der Waals surface area (Å²) in [5.74, 6) is -0.911. The van der Waals surface area contributed by atoms with Crippen molar-refractivity contribution >= 4 is 11.9 Å². The van der Waals surface area contributed by atoms with Gasteiger partial charge in [0.15, 0.2) is 12.4 Å². The smallest absolute Gasteiger partial charge is 0.306 e. The fourth-order valence-electron chi connectivity index (χ4n) is 5.49. The van der Waals surface area contributed by atoms with Crippen LogP contribution in [0.3, 0.4) is 0 Å². The lowest BCUT2D eigenvalue weighted by molar-refractivity contribution is -0.305. The Morgan fingerprint density at radius 2 is 1.07 bits per heavy atom. The van der Waals surface area contributed by atoms with Gasteiger partial charge in [-0.15, -0.1) is 6.58 Å². The van der Waals surface area contributed by atoms with Crippen LogP contribution < -0.4 is 0 Å². The van der Waals surface area contributed by atoms with Crippen molar-refractivity contribution in [2.24, 2.45) is 0 Å². The fourth-order valence-corrected chi connectivity index (χ4v) is 5.49. The normalized spacial score (nSPS) is 21.2. The lowest BCUT2D eigenvalue weighted by Crippen LogP contribution is -2.59. The monoisotopic (exact) mass is 797 g/mol. The van der Waals surface area contributed by atoms with E-state index in [2.05, 4.69) is 111 Å². The molecule has 1 aliphatic heterocycles. The fraction of sp³-hybridized carbons (Fsp3) is 0.574. The van der Waals surface area contributed by atoms with E-state index in [1.807, 2.05) is 6.08 Å². The van der Waals surface area contributed by atoms with Gasteiger partial charge >= 0.3 is 11.9 Å². The van der Waals surface area contributed by atoms with Crippen LogP contribution in [0.1, 0.15) is 116 Å². The van der Waals surface area contributed by atoms with Crippen LogP contribution in [0, 0.1) is 0 Å². The van der Waals surface area contributed by atoms with Gasteiger partial charge in [0.1, 0.15) is 31.0 Å². The van der Waals surface area contributed by atoms with Crippen LogP contribution in [0.2, 0.25) is 0 Å². The molecule has 1 heterocycles. The first-order chi connectivity index (χ1) is 27.8. The minimum Gasteiger partial charge on any atom is -0.462 e. The quantitative estimate of drug-likeness (QED) is 0.0289. The van der Waals surface area contributed by atoms with E-state index in [0.717, 1.165) is 83.5 Å². The molecule has 5 unspecified atom stereocenters. The number of ether oxygens (including phenoxy) is 4. The molecule has 0 spiro atoms. The van der Waals surface area contributed by atoms with E-state index in [0.29, 0.717) is 12.8 Å². The third-order valence-electron chi connectivity index (χ3n) is 8.78. The zero-order valence-corrected chi connectivity index (χ0v) is 34.4. The molecule has 320 valence electrons. The third-order valence-corrected chi connectivity index (χ3v) is 8.78. The SMILES string of the molecule is C=CC/C=C/C/C=C/C/C=C/C/C=C/CCCCCC(=O)O[C@H](COC(=O)CCCC/C=C/C/C=C/C/C=C/C/C=C/CC)COC1OC(CO)C(O)C(O)C1O. The average molecular weight is 797 g/mol. The van der Waals surface area contributed by atoms with Gasteiger partial charge < -0.3 is 39.4 Å². The predicted octanol–water partition coefficient (Wildman–Crippen LogP) is 8.55. The summed E-state index contributed by atoms with van der Waals surface area (Å²) >= 11 is 0. The highest BCUT2D eigenvalue weighted by Crippen LogP contribution is 2.22. The molecule has 0 aromatic carbocycles. The molecule has 57 heavy (non-hydrogen) atoms. The van der Waals surface area contributed by atoms with Crippen molar-refractivity contribution in [2.45, 2.75) is 153 Å². The summed E-state index contributed by atoms with van der Waals surface area (Å²) in [6, 6.07) is 0. The second-order valence-corrected chi connectivity index (χ2v) is 13.8. The Morgan fingerprint density at radius 3 is 1.60 bits per heavy atom. The number of allylic oxidation sites excluding steroid dienone is 17. The van der Waals surface area contributed by atoms with E-state index in [1.54, 1.807) is 0 Å². The van der Waals surface area contributed by atoms with E-state index in [4.69, 9.17) is 18.9 Å². The van der Waals surface area contributed by atoms with Gasteiger partial charge in [0.2, 0.25) is 0 Å². The van der Waals surface area contributed by atoms with E-state index in [9.17, 15) is 30.0 Å². The van der Waals surface area contributed by atoms with Crippen LogP contribution in [-0.2, 0) is 28.5 Å². The Hall–Kier alpha value is -3.64. The molecule has 0 amide bonds. The molecule has 10 heteroatoms. The standard InChI is InChI=1S/C47H72O10/c1-3-5-7-9-11-13-15-17-19-20-22-24-26-28-30-32-34-36-43(50)56-40(39-55-47-46(53)45(52)44(51)41(37-48)57-47)38-54-42(49)35-33-31-29-27-25-23-21-18-16-14-12-10-8-6-4-2/h3,6-9,12-15,18-21,24-27,40-41,44-48,51-53H,1,4-5,10-11,16-17,22-23,28-39H2,2H3/b8-6+,9-7+,14-12+,15-13+,20-19+,21-18+,26-24+,27-25+/t40-,41?,44?,45?,46?,47?/m1/s1. The van der Waals surface area contributed by atoms with E-state index in [-0.39, 0.29) is 26.1 Å². The number of esters is 2. The van der Waals surface area contributed by atoms with Crippen molar-refractivity contribution in [1.82, 2.24) is 0 Å². The highest BCUT2D eigenvalue weighted by atomic mass is 16.7. The van der Waals surface area contributed by atoms with Gasteiger partial charge in [-0.25, -0.2) is 0 Å². The Bertz CT molecular complexity index is 1270. The molecule has 0 bridgehead atoms. The van der Waals surface area contributed by atoms with Gasteiger partial charge in [-0.05, 0) is 89.9 Å². The number of carbonyl (C=O) groups is 2. The predicted molar refractivity (Wildman–Crippen MR) is 228 cm³/mol. The number of rotatable bonds is 33. The van der Waals surface area contributed by atoms with Crippen molar-refractivity contribution in [3.05, 3.63) is 110 Å². The summed E-state index contributed by atoms with van der Waals surface area (Å²) in [4.78, 5) is 25.3. The molecule has 1 rings (SSSR count). The van der Waals surface area contributed by atoms with Crippen LogP contribution in [0.4, 0.5) is 0 Å². The molecular weight excluding hydrogens is 725 g/mol. The van der Waals surface area contributed by atoms with Gasteiger partial charge in [-0.1, -0.05) is 117 Å². The largest absolute Gasteiger partial charge is 0.462 e. The zero-order valence-electron chi connectivity index (χ0n) is 34.4. The van der Waals surface area contributed by atoms with Crippen molar-refractivity contribution in [3.63, 3.8) is 0 Å². The highest BCUT2D eigenvalue weighted by Gasteiger charge is 2.44. The maximum absolute atomic E-state index is 12.7. The van der Waals surface area contributed by atoms with Crippen molar-refractivity contribution < 1.29 is 49.0 Å². The summed E-state index contributed by atoms with van der Waals surface area (Å²) in [6.45, 7) is 4.64. The topological polar surface area (TPSA) is 152 Å². The minimum absolute atomic E-state index is 0.172. The maximum Gasteiger partial charge on any atom is 0.306 e. The second-order valence-electron chi connectivity index (χ2n) is 13.8. The number of unbranched alkanes of at least 4 members (excludes halogenated alkanes) is 5. The Labute approximate surface area is 342 Å². The van der Waals surface area contributed by atoms with Crippen LogP contribution in [0.25, 0.3) is 0 Å². The first-order valence-electron chi connectivity index (χ1n) is 20.9. The molecule has 1 aliphatic rings. The van der Waals surface area contributed by atoms with E-state index < -0.39 is 55.4 Å². The third kappa shape index (κ3) is 28.4. The number of carbonyl (C=O) groups excluding carboxylic acids is 2. The molecule has 1 fully saturated rings. The number of aliphatic hydroxyl groups excluding tert-OH is 4. The molecule has 0 aliphatic carbocycles. The second kappa shape index (κ2) is 36.7. The highest BCUT2D eigenvalue weighted by molar-refractivity contribution is 5.70. The summed E-state index contributed by atoms with van der Waals surface area (Å²) in [5.41, 5.74) is 0. The lowest BCUT2D eigenvalue weighted by Gasteiger charge is -2.39. The maximum atomic E-state index is 12.7. The zero-order chi connectivity index (χ0) is 41.6. The molecule has 0 saturated carbocycles. The minimum atomic E-state index is -1.62. The van der Waals surface area contributed by atoms with Crippen LogP contribution in [0.15, 0.2) is 110 Å². The van der Waals surface area contributed by atoms with E-state index >= 15 is 0 Å². The Balaban J connectivity index is 2.43. The van der Waals surface area contributed by atoms with Crippen LogP contribution in [-0.4, -0.2) is 89.0 Å². The van der Waals surface area contributed by atoms with Gasteiger partial charge in [0, 0.05) is 12.8 Å². The summed E-state index contributed by atoms with van der Waals surface area (Å²) in [7, 11) is 0. The van der Waals surface area contributed by atoms with Crippen LogP contribution >= 0.6 is 0 Å². The first kappa shape index (κ1) is 51.4. The Morgan fingerprint density at radius 1 is 0.596 bits per heavy atom. The molecule has 10 nitrogen and oxygen atoms in total. The summed E-state index contributed by atoms with van der Waals surface area (Å²) < 4.78 is 22.0. The number of hydrogen-bond donors (Lipinski definition) is 4. The Kier molecular flexibility index (Phi) is 33.1. The van der Waals surface area contributed by atoms with Gasteiger partial charge in [-0.2, -0.15) is 0 Å². The molecule has 1 saturated heterocycles. The van der Waals surface area contributed by atoms with Crippen molar-refractivity contribution in [3.8, 4) is 0 Å². The lowest BCUT2D eigenvalue weighted by atomic mass is 9.99. The molecule has 0 aromatic heterocycles. The van der Waals surface area contributed by atoms with Gasteiger partial charge in [0.25, 0.3) is 0 Å². The molecule has 0 radical (unpaired) electrons. The number of hydrogen-bond acceptors (Lipinski definition) is 10. The molecule has 0 aromatic rings. The molecular formula is C47H72O10. The van der Waals surface area contributed by atoms with Gasteiger partial charge in [-0.3, -0.25) is 9.59 Å². The summed E-state index contributed by atoms with van der Waals surface area (Å²) in [6.07, 6.45) is 41.3. The number of aliphatic hydroxyl groups is 4. The molecule has 6 atom stereocenters. The van der Waals surface area contributed by atoms with Crippen LogP contribution in [0.5, 0.6) is 0 Å². The first-order valence-corrected chi connectivity index (χ1v) is 20.9.